The molecule has 0 saturated heterocycles. The minimum atomic E-state index is -4.46. The monoisotopic (exact) mass is 734 g/mol. The number of para-hydroxylation sites is 1. The summed E-state index contributed by atoms with van der Waals surface area (Å²) in [6.07, 6.45) is -4.46. The number of rotatable bonds is 5. The van der Waals surface area contributed by atoms with E-state index in [2.05, 4.69) is 66.9 Å². The number of hydrogen-bond acceptors (Lipinski definition) is 3. The lowest BCUT2D eigenvalue weighted by Gasteiger charge is -2.22. The van der Waals surface area contributed by atoms with Crippen molar-refractivity contribution in [3.05, 3.63) is 180 Å². The highest BCUT2D eigenvalue weighted by Crippen LogP contribution is 2.51. The molecule has 0 saturated carbocycles. The van der Waals surface area contributed by atoms with Gasteiger partial charge >= 0.3 is 6.18 Å². The Morgan fingerprint density at radius 2 is 1.02 bits per heavy atom. The topological polar surface area (TPSA) is 43.6 Å². The van der Waals surface area contributed by atoms with Gasteiger partial charge in [0.2, 0.25) is 0 Å². The van der Waals surface area contributed by atoms with Crippen LogP contribution in [0.3, 0.4) is 0 Å². The maximum absolute atomic E-state index is 13.9. The van der Waals surface area contributed by atoms with Crippen molar-refractivity contribution in [2.75, 3.05) is 0 Å². The second-order valence-electron chi connectivity index (χ2n) is 14.8. The first kappa shape index (κ1) is 33.7. The van der Waals surface area contributed by atoms with Gasteiger partial charge < -0.3 is 4.57 Å². The molecular formula is C49H33F3N4. The van der Waals surface area contributed by atoms with E-state index < -0.39 is 11.7 Å². The largest absolute Gasteiger partial charge is 0.416 e. The van der Waals surface area contributed by atoms with Gasteiger partial charge in [-0.05, 0) is 76.3 Å². The fourth-order valence-corrected chi connectivity index (χ4v) is 8.30. The lowest BCUT2D eigenvalue weighted by Crippen LogP contribution is -2.15. The molecule has 0 spiro atoms. The zero-order chi connectivity index (χ0) is 38.2. The lowest BCUT2D eigenvalue weighted by atomic mass is 9.82. The van der Waals surface area contributed by atoms with E-state index in [1.165, 1.54) is 22.3 Å². The Kier molecular flexibility index (Phi) is 7.58. The first-order valence-electron chi connectivity index (χ1n) is 18.5. The summed E-state index contributed by atoms with van der Waals surface area (Å²) in [5.41, 5.74) is 10.7. The molecule has 270 valence electrons. The van der Waals surface area contributed by atoms with Gasteiger partial charge in [0.25, 0.3) is 0 Å². The van der Waals surface area contributed by atoms with Crippen molar-refractivity contribution in [3.8, 4) is 62.1 Å². The molecule has 0 unspecified atom stereocenters. The van der Waals surface area contributed by atoms with Crippen LogP contribution in [-0.2, 0) is 11.6 Å². The van der Waals surface area contributed by atoms with Crippen LogP contribution in [-0.4, -0.2) is 19.5 Å². The third kappa shape index (κ3) is 5.41. The molecule has 0 fully saturated rings. The zero-order valence-electron chi connectivity index (χ0n) is 30.5. The zero-order valence-corrected chi connectivity index (χ0v) is 30.5. The van der Waals surface area contributed by atoms with Crippen molar-refractivity contribution in [1.29, 1.82) is 0 Å². The Morgan fingerprint density at radius 3 is 1.68 bits per heavy atom. The predicted octanol–water partition coefficient (Wildman–Crippen LogP) is 13.0. The van der Waals surface area contributed by atoms with E-state index >= 15 is 0 Å². The van der Waals surface area contributed by atoms with Crippen molar-refractivity contribution < 1.29 is 13.2 Å². The summed E-state index contributed by atoms with van der Waals surface area (Å²) in [5, 5.41) is 2.19. The SMILES string of the molecule is CC1(C)c2ccccc2-c2cc3c4ccccc4n(-c4ccc(-c5nc(-c6ccccc6)nc(-c6ccccc6)n5)cc4-c4ccc(C(F)(F)F)cc4)c3cc21. The van der Waals surface area contributed by atoms with E-state index in [1.54, 1.807) is 12.1 Å². The Hall–Kier alpha value is -6.86. The molecule has 1 aliphatic carbocycles. The van der Waals surface area contributed by atoms with Crippen LogP contribution in [0, 0.1) is 0 Å². The minimum Gasteiger partial charge on any atom is -0.309 e. The number of benzene rings is 7. The van der Waals surface area contributed by atoms with Gasteiger partial charge in [0.1, 0.15) is 0 Å². The molecule has 10 rings (SSSR count). The number of halogens is 3. The first-order chi connectivity index (χ1) is 27.1. The Bertz CT molecular complexity index is 2910. The molecule has 9 aromatic rings. The molecule has 0 radical (unpaired) electrons. The first-order valence-corrected chi connectivity index (χ1v) is 18.5. The number of aromatic nitrogens is 4. The molecule has 0 amide bonds. The van der Waals surface area contributed by atoms with Crippen LogP contribution >= 0.6 is 0 Å². The summed E-state index contributed by atoms with van der Waals surface area (Å²) >= 11 is 0. The summed E-state index contributed by atoms with van der Waals surface area (Å²) in [7, 11) is 0. The fourth-order valence-electron chi connectivity index (χ4n) is 8.30. The normalized spacial score (nSPS) is 13.2. The smallest absolute Gasteiger partial charge is 0.309 e. The van der Waals surface area contributed by atoms with Gasteiger partial charge in [-0.25, -0.2) is 15.0 Å². The summed E-state index contributed by atoms with van der Waals surface area (Å²) in [4.78, 5) is 14.8. The molecular weight excluding hydrogens is 702 g/mol. The molecule has 7 heteroatoms. The van der Waals surface area contributed by atoms with E-state index in [9.17, 15) is 13.2 Å². The standard InChI is InChI=1S/C49H33F3N4/c1-48(2)40-19-11-9-17-35(40)38-28-39-36-18-10-12-20-42(36)56(44(39)29-41(38)48)43-26-23-33(27-37(43)30-21-24-34(25-22-30)49(50,51)52)47-54-45(31-13-5-3-6-14-31)53-46(55-47)32-15-7-4-8-16-32/h3-29H,1-2H3. The van der Waals surface area contributed by atoms with Gasteiger partial charge in [0.15, 0.2) is 17.5 Å². The van der Waals surface area contributed by atoms with Crippen LogP contribution in [0.1, 0.15) is 30.5 Å². The summed E-state index contributed by atoms with van der Waals surface area (Å²) in [6.45, 7) is 4.53. The lowest BCUT2D eigenvalue weighted by molar-refractivity contribution is -0.137. The minimum absolute atomic E-state index is 0.229. The predicted molar refractivity (Wildman–Crippen MR) is 218 cm³/mol. The van der Waals surface area contributed by atoms with Crippen molar-refractivity contribution in [2.45, 2.75) is 25.4 Å². The highest BCUT2D eigenvalue weighted by molar-refractivity contribution is 6.12. The van der Waals surface area contributed by atoms with Gasteiger partial charge in [-0.3, -0.25) is 0 Å². The van der Waals surface area contributed by atoms with Crippen LogP contribution < -0.4 is 0 Å². The Morgan fingerprint density at radius 1 is 0.446 bits per heavy atom. The van der Waals surface area contributed by atoms with Crippen molar-refractivity contribution in [1.82, 2.24) is 19.5 Å². The molecule has 1 aliphatic rings. The number of nitrogens with zero attached hydrogens (tertiary/aromatic N) is 4. The quantitative estimate of drug-likeness (QED) is 0.177. The van der Waals surface area contributed by atoms with Gasteiger partial charge in [-0.1, -0.05) is 129 Å². The second-order valence-corrected chi connectivity index (χ2v) is 14.8. The molecule has 0 atom stereocenters. The summed E-state index contributed by atoms with van der Waals surface area (Å²) in [5.74, 6) is 1.50. The molecule has 4 nitrogen and oxygen atoms in total. The van der Waals surface area contributed by atoms with Crippen LogP contribution in [0.2, 0.25) is 0 Å². The number of alkyl halides is 3. The van der Waals surface area contributed by atoms with Crippen LogP contribution in [0.4, 0.5) is 13.2 Å². The van der Waals surface area contributed by atoms with Crippen molar-refractivity contribution in [2.24, 2.45) is 0 Å². The third-order valence-electron chi connectivity index (χ3n) is 11.1. The van der Waals surface area contributed by atoms with Crippen LogP contribution in [0.5, 0.6) is 0 Å². The third-order valence-corrected chi connectivity index (χ3v) is 11.1. The van der Waals surface area contributed by atoms with Crippen molar-refractivity contribution in [3.63, 3.8) is 0 Å². The highest BCUT2D eigenvalue weighted by Gasteiger charge is 2.36. The van der Waals surface area contributed by atoms with Gasteiger partial charge in [-0.2, -0.15) is 13.2 Å². The second kappa shape index (κ2) is 12.6. The number of hydrogen-bond donors (Lipinski definition) is 0. The van der Waals surface area contributed by atoms with E-state index in [1.807, 2.05) is 91.0 Å². The molecule has 56 heavy (non-hydrogen) atoms. The number of fused-ring (bicyclic) bond motifs is 6. The Balaban J connectivity index is 1.24. The highest BCUT2D eigenvalue weighted by atomic mass is 19.4. The molecule has 0 N–H and O–H groups in total. The molecule has 2 aromatic heterocycles. The van der Waals surface area contributed by atoms with Gasteiger partial charge in [0, 0.05) is 38.4 Å². The van der Waals surface area contributed by atoms with Crippen LogP contribution in [0.25, 0.3) is 83.9 Å². The molecule has 7 aromatic carbocycles. The van der Waals surface area contributed by atoms with E-state index in [0.29, 0.717) is 28.6 Å². The van der Waals surface area contributed by atoms with Gasteiger partial charge in [0.05, 0.1) is 22.3 Å². The van der Waals surface area contributed by atoms with Crippen molar-refractivity contribution >= 4 is 21.8 Å². The average Bonchev–Trinajstić information content (AvgIpc) is 3.67. The van der Waals surface area contributed by atoms with E-state index in [-0.39, 0.29) is 5.41 Å². The van der Waals surface area contributed by atoms with E-state index in [4.69, 9.17) is 15.0 Å². The maximum Gasteiger partial charge on any atom is 0.416 e. The molecule has 2 heterocycles. The van der Waals surface area contributed by atoms with E-state index in [0.717, 1.165) is 56.3 Å². The summed E-state index contributed by atoms with van der Waals surface area (Å²) < 4.78 is 43.8. The molecule has 0 bridgehead atoms. The summed E-state index contributed by atoms with van der Waals surface area (Å²) in [6, 6.07) is 52.5. The Labute approximate surface area is 321 Å². The average molecular weight is 735 g/mol. The fraction of sp³-hybridized carbons (Fsp3) is 0.0816. The van der Waals surface area contributed by atoms with Crippen LogP contribution in [0.15, 0.2) is 164 Å². The molecule has 0 aliphatic heterocycles. The van der Waals surface area contributed by atoms with Gasteiger partial charge in [-0.15, -0.1) is 0 Å². The maximum atomic E-state index is 13.9.